The van der Waals surface area contributed by atoms with Gasteiger partial charge in [0, 0.05) is 11.5 Å². The normalized spacial score (nSPS) is 14.9. The fourth-order valence-corrected chi connectivity index (χ4v) is 1.79. The van der Waals surface area contributed by atoms with Crippen LogP contribution < -0.4 is 4.74 Å². The van der Waals surface area contributed by atoms with E-state index in [1.54, 1.807) is 0 Å². The molecule has 1 aliphatic carbocycles. The summed E-state index contributed by atoms with van der Waals surface area (Å²) in [6.45, 7) is 4.90. The van der Waals surface area contributed by atoms with Crippen molar-refractivity contribution < 1.29 is 9.26 Å². The Morgan fingerprint density at radius 3 is 2.58 bits per heavy atom. The lowest BCUT2D eigenvalue weighted by atomic mass is 10.2. The Balaban J connectivity index is 1.69. The van der Waals surface area contributed by atoms with E-state index < -0.39 is 0 Å². The summed E-state index contributed by atoms with van der Waals surface area (Å²) in [5.41, 5.74) is 0.953. The highest BCUT2D eigenvalue weighted by Crippen LogP contribution is 2.30. The molecular formula is C15H18N2O2. The van der Waals surface area contributed by atoms with Crippen molar-refractivity contribution in [2.45, 2.75) is 32.6 Å². The van der Waals surface area contributed by atoms with Crippen molar-refractivity contribution in [1.29, 1.82) is 0 Å². The van der Waals surface area contributed by atoms with E-state index in [2.05, 4.69) is 10.1 Å². The zero-order chi connectivity index (χ0) is 13.2. The number of rotatable bonds is 5. The van der Waals surface area contributed by atoms with Gasteiger partial charge >= 0.3 is 0 Å². The molecule has 19 heavy (non-hydrogen) atoms. The van der Waals surface area contributed by atoms with Gasteiger partial charge in [-0.1, -0.05) is 19.0 Å². The van der Waals surface area contributed by atoms with Crippen LogP contribution in [0.3, 0.4) is 0 Å². The van der Waals surface area contributed by atoms with Gasteiger partial charge in [-0.3, -0.25) is 0 Å². The molecule has 0 unspecified atom stereocenters. The second-order valence-electron chi connectivity index (χ2n) is 5.39. The third-order valence-electron chi connectivity index (χ3n) is 3.23. The standard InChI is InChI=1S/C15H18N2O2/c1-10(2)15-16-14(17-19-15)12-5-7-13(8-6-12)18-9-11-3-4-11/h5-8,10-11H,3-4,9H2,1-2H3. The molecule has 2 aromatic rings. The minimum absolute atomic E-state index is 0.252. The Labute approximate surface area is 112 Å². The average molecular weight is 258 g/mol. The van der Waals surface area contributed by atoms with Gasteiger partial charge in [0.25, 0.3) is 0 Å². The largest absolute Gasteiger partial charge is 0.493 e. The molecular weight excluding hydrogens is 240 g/mol. The van der Waals surface area contributed by atoms with Crippen LogP contribution >= 0.6 is 0 Å². The first kappa shape index (κ1) is 12.2. The molecule has 0 radical (unpaired) electrons. The molecule has 0 N–H and O–H groups in total. The molecule has 0 atom stereocenters. The van der Waals surface area contributed by atoms with E-state index in [4.69, 9.17) is 9.26 Å². The molecule has 0 amide bonds. The maximum absolute atomic E-state index is 5.70. The zero-order valence-electron chi connectivity index (χ0n) is 11.3. The highest BCUT2D eigenvalue weighted by atomic mass is 16.5. The van der Waals surface area contributed by atoms with Gasteiger partial charge in [-0.25, -0.2) is 0 Å². The number of hydrogen-bond acceptors (Lipinski definition) is 4. The highest BCUT2D eigenvalue weighted by molar-refractivity contribution is 5.55. The molecule has 1 aromatic carbocycles. The summed E-state index contributed by atoms with van der Waals surface area (Å²) in [6.07, 6.45) is 2.61. The van der Waals surface area contributed by atoms with Gasteiger partial charge < -0.3 is 9.26 Å². The van der Waals surface area contributed by atoms with Crippen molar-refractivity contribution in [2.24, 2.45) is 5.92 Å². The summed E-state index contributed by atoms with van der Waals surface area (Å²) in [7, 11) is 0. The van der Waals surface area contributed by atoms with Gasteiger partial charge in [-0.15, -0.1) is 0 Å². The Kier molecular flexibility index (Phi) is 3.23. The second-order valence-corrected chi connectivity index (χ2v) is 5.39. The Morgan fingerprint density at radius 2 is 2.00 bits per heavy atom. The van der Waals surface area contributed by atoms with Crippen molar-refractivity contribution in [1.82, 2.24) is 10.1 Å². The van der Waals surface area contributed by atoms with Gasteiger partial charge in [0.15, 0.2) is 0 Å². The second kappa shape index (κ2) is 5.03. The molecule has 1 saturated carbocycles. The molecule has 100 valence electrons. The molecule has 4 nitrogen and oxygen atoms in total. The first-order valence-electron chi connectivity index (χ1n) is 6.79. The quantitative estimate of drug-likeness (QED) is 0.821. The number of nitrogens with zero attached hydrogens (tertiary/aromatic N) is 2. The monoisotopic (exact) mass is 258 g/mol. The van der Waals surface area contributed by atoms with E-state index in [0.717, 1.165) is 23.8 Å². The van der Waals surface area contributed by atoms with Crippen LogP contribution in [0.5, 0.6) is 5.75 Å². The van der Waals surface area contributed by atoms with Crippen LogP contribution in [-0.2, 0) is 0 Å². The van der Waals surface area contributed by atoms with Crippen LogP contribution in [0.1, 0.15) is 38.5 Å². The molecule has 0 bridgehead atoms. The molecule has 1 heterocycles. The minimum atomic E-state index is 0.252. The zero-order valence-corrected chi connectivity index (χ0v) is 11.3. The SMILES string of the molecule is CC(C)c1nc(-c2ccc(OCC3CC3)cc2)no1. The number of hydrogen-bond donors (Lipinski definition) is 0. The Morgan fingerprint density at radius 1 is 1.26 bits per heavy atom. The summed E-state index contributed by atoms with van der Waals surface area (Å²) in [5.74, 6) is 3.23. The van der Waals surface area contributed by atoms with Crippen LogP contribution in [0, 0.1) is 5.92 Å². The van der Waals surface area contributed by atoms with Crippen molar-refractivity contribution in [3.63, 3.8) is 0 Å². The first-order valence-corrected chi connectivity index (χ1v) is 6.79. The Bertz CT molecular complexity index is 542. The third-order valence-corrected chi connectivity index (χ3v) is 3.23. The van der Waals surface area contributed by atoms with Crippen molar-refractivity contribution in [3.05, 3.63) is 30.2 Å². The van der Waals surface area contributed by atoms with E-state index in [1.807, 2.05) is 38.1 Å². The lowest BCUT2D eigenvalue weighted by Gasteiger charge is -2.04. The topological polar surface area (TPSA) is 48.2 Å². The summed E-state index contributed by atoms with van der Waals surface area (Å²) in [4.78, 5) is 4.38. The summed E-state index contributed by atoms with van der Waals surface area (Å²) < 4.78 is 10.9. The third kappa shape index (κ3) is 2.95. The van der Waals surface area contributed by atoms with Gasteiger partial charge in [-0.05, 0) is 43.0 Å². The molecule has 0 saturated heterocycles. The fraction of sp³-hybridized carbons (Fsp3) is 0.467. The van der Waals surface area contributed by atoms with Crippen LogP contribution in [0.25, 0.3) is 11.4 Å². The van der Waals surface area contributed by atoms with E-state index in [1.165, 1.54) is 12.8 Å². The number of aromatic nitrogens is 2. The van der Waals surface area contributed by atoms with Gasteiger partial charge in [0.2, 0.25) is 11.7 Å². The average Bonchev–Trinajstić information content (AvgIpc) is 3.11. The minimum Gasteiger partial charge on any atom is -0.493 e. The number of ether oxygens (including phenoxy) is 1. The molecule has 0 aliphatic heterocycles. The molecule has 1 aliphatic rings. The first-order chi connectivity index (χ1) is 9.22. The lowest BCUT2D eigenvalue weighted by Crippen LogP contribution is -1.98. The summed E-state index contributed by atoms with van der Waals surface area (Å²) in [6, 6.07) is 7.86. The maximum atomic E-state index is 5.70. The lowest BCUT2D eigenvalue weighted by molar-refractivity contribution is 0.300. The molecule has 1 fully saturated rings. The van der Waals surface area contributed by atoms with Gasteiger partial charge in [-0.2, -0.15) is 4.98 Å². The smallest absolute Gasteiger partial charge is 0.229 e. The van der Waals surface area contributed by atoms with E-state index >= 15 is 0 Å². The summed E-state index contributed by atoms with van der Waals surface area (Å²) in [5, 5.41) is 3.99. The van der Waals surface area contributed by atoms with E-state index in [0.29, 0.717) is 11.7 Å². The molecule has 3 rings (SSSR count). The van der Waals surface area contributed by atoms with Crippen LogP contribution in [-0.4, -0.2) is 16.7 Å². The highest BCUT2D eigenvalue weighted by Gasteiger charge is 2.21. The van der Waals surface area contributed by atoms with Crippen LogP contribution in [0.15, 0.2) is 28.8 Å². The van der Waals surface area contributed by atoms with Crippen molar-refractivity contribution >= 4 is 0 Å². The number of benzene rings is 1. The van der Waals surface area contributed by atoms with E-state index in [-0.39, 0.29) is 5.92 Å². The van der Waals surface area contributed by atoms with Gasteiger partial charge in [0.1, 0.15) is 5.75 Å². The van der Waals surface area contributed by atoms with E-state index in [9.17, 15) is 0 Å². The molecule has 1 aromatic heterocycles. The summed E-state index contributed by atoms with van der Waals surface area (Å²) >= 11 is 0. The van der Waals surface area contributed by atoms with Crippen LogP contribution in [0.4, 0.5) is 0 Å². The predicted octanol–water partition coefficient (Wildman–Crippen LogP) is 3.65. The predicted molar refractivity (Wildman–Crippen MR) is 72.0 cm³/mol. The molecule has 4 heteroatoms. The van der Waals surface area contributed by atoms with Crippen molar-refractivity contribution in [2.75, 3.05) is 6.61 Å². The molecule has 0 spiro atoms. The fourth-order valence-electron chi connectivity index (χ4n) is 1.79. The maximum Gasteiger partial charge on any atom is 0.229 e. The Hall–Kier alpha value is -1.84. The van der Waals surface area contributed by atoms with Gasteiger partial charge in [0.05, 0.1) is 6.61 Å². The van der Waals surface area contributed by atoms with Crippen molar-refractivity contribution in [3.8, 4) is 17.1 Å². The van der Waals surface area contributed by atoms with Crippen LogP contribution in [0.2, 0.25) is 0 Å².